The van der Waals surface area contributed by atoms with Crippen molar-refractivity contribution in [3.05, 3.63) is 78.0 Å². The van der Waals surface area contributed by atoms with Gasteiger partial charge in [-0.2, -0.15) is 0 Å². The molecule has 0 aliphatic carbocycles. The van der Waals surface area contributed by atoms with Crippen LogP contribution in [0.15, 0.2) is 59.5 Å². The van der Waals surface area contributed by atoms with E-state index in [2.05, 4.69) is 40.0 Å². The maximum atomic E-state index is 5.50. The van der Waals surface area contributed by atoms with Gasteiger partial charge in [-0.15, -0.1) is 0 Å². The fourth-order valence-electron chi connectivity index (χ4n) is 4.53. The number of oxazole rings is 1. The standard InChI is InChI=1S/C23H25N5O/c1-16-6-5-12-25-22(16)19-9-4-10-20(28(19)14-11-21-24-13-15-29-21)23-26-17-7-2-3-8-18(17)27-23/h2-3,5-8,12-13,15,19-20H,4,9-11,14H2,1H3,(H,26,27)/t19-,20+/m0/s1. The van der Waals surface area contributed by atoms with E-state index in [0.29, 0.717) is 0 Å². The van der Waals surface area contributed by atoms with E-state index in [4.69, 9.17) is 14.4 Å². The van der Waals surface area contributed by atoms with Crippen molar-refractivity contribution in [3.63, 3.8) is 0 Å². The molecular weight excluding hydrogens is 362 g/mol. The van der Waals surface area contributed by atoms with Crippen LogP contribution in [0, 0.1) is 6.92 Å². The molecular formula is C23H25N5O. The molecule has 2 atom stereocenters. The van der Waals surface area contributed by atoms with Gasteiger partial charge < -0.3 is 9.40 Å². The number of likely N-dealkylation sites (tertiary alicyclic amines) is 1. The summed E-state index contributed by atoms with van der Waals surface area (Å²) in [5.41, 5.74) is 4.52. The molecule has 4 heterocycles. The Morgan fingerprint density at radius 3 is 2.79 bits per heavy atom. The topological polar surface area (TPSA) is 70.8 Å². The van der Waals surface area contributed by atoms with E-state index in [-0.39, 0.29) is 12.1 Å². The number of rotatable bonds is 5. The molecule has 0 unspecified atom stereocenters. The molecule has 1 N–H and O–H groups in total. The quantitative estimate of drug-likeness (QED) is 0.534. The van der Waals surface area contributed by atoms with Gasteiger partial charge in [0.1, 0.15) is 12.1 Å². The minimum atomic E-state index is 0.220. The third-order valence-corrected chi connectivity index (χ3v) is 5.91. The average molecular weight is 387 g/mol. The fourth-order valence-corrected chi connectivity index (χ4v) is 4.53. The molecule has 1 aliphatic rings. The lowest BCUT2D eigenvalue weighted by atomic mass is 9.91. The number of hydrogen-bond donors (Lipinski definition) is 1. The molecule has 1 aliphatic heterocycles. The summed E-state index contributed by atoms with van der Waals surface area (Å²) in [7, 11) is 0. The van der Waals surface area contributed by atoms with E-state index < -0.39 is 0 Å². The van der Waals surface area contributed by atoms with Crippen molar-refractivity contribution in [2.45, 2.75) is 44.7 Å². The number of piperidine rings is 1. The molecule has 4 aromatic rings. The fraction of sp³-hybridized carbons (Fsp3) is 0.348. The summed E-state index contributed by atoms with van der Waals surface area (Å²) in [6, 6.07) is 12.9. The third-order valence-electron chi connectivity index (χ3n) is 5.91. The number of nitrogens with one attached hydrogen (secondary N) is 1. The van der Waals surface area contributed by atoms with Gasteiger partial charge in [0.2, 0.25) is 0 Å². The first-order chi connectivity index (χ1) is 14.3. The van der Waals surface area contributed by atoms with Gasteiger partial charge in [-0.25, -0.2) is 9.97 Å². The monoisotopic (exact) mass is 387 g/mol. The molecule has 0 spiro atoms. The second-order valence-corrected chi connectivity index (χ2v) is 7.72. The van der Waals surface area contributed by atoms with Crippen molar-refractivity contribution in [2.24, 2.45) is 0 Å². The van der Waals surface area contributed by atoms with Crippen LogP contribution in [-0.4, -0.2) is 31.4 Å². The first-order valence-corrected chi connectivity index (χ1v) is 10.3. The van der Waals surface area contributed by atoms with Crippen LogP contribution in [0.3, 0.4) is 0 Å². The van der Waals surface area contributed by atoms with Crippen LogP contribution >= 0.6 is 0 Å². The molecule has 29 heavy (non-hydrogen) atoms. The first kappa shape index (κ1) is 18.1. The van der Waals surface area contributed by atoms with Crippen LogP contribution in [0.2, 0.25) is 0 Å². The van der Waals surface area contributed by atoms with Gasteiger partial charge in [-0.3, -0.25) is 9.88 Å². The zero-order valence-electron chi connectivity index (χ0n) is 16.6. The van der Waals surface area contributed by atoms with E-state index >= 15 is 0 Å². The maximum absolute atomic E-state index is 5.50. The zero-order chi connectivity index (χ0) is 19.6. The van der Waals surface area contributed by atoms with Gasteiger partial charge in [0.15, 0.2) is 5.89 Å². The highest BCUT2D eigenvalue weighted by molar-refractivity contribution is 5.74. The van der Waals surface area contributed by atoms with Gasteiger partial charge in [0.05, 0.1) is 35.0 Å². The summed E-state index contributed by atoms with van der Waals surface area (Å²) in [4.78, 5) is 20.1. The lowest BCUT2D eigenvalue weighted by molar-refractivity contribution is 0.0740. The van der Waals surface area contributed by atoms with Crippen molar-refractivity contribution in [2.75, 3.05) is 6.54 Å². The van der Waals surface area contributed by atoms with Crippen LogP contribution in [-0.2, 0) is 6.42 Å². The Labute approximate surface area is 170 Å². The first-order valence-electron chi connectivity index (χ1n) is 10.3. The SMILES string of the molecule is Cc1cccnc1[C@@H]1CCC[C@H](c2nc3ccccc3[nH]2)N1CCc1ncco1. The second kappa shape index (κ2) is 7.79. The van der Waals surface area contributed by atoms with Crippen LogP contribution < -0.4 is 0 Å². The summed E-state index contributed by atoms with van der Waals surface area (Å²) in [6.07, 6.45) is 9.35. The predicted molar refractivity (Wildman–Crippen MR) is 111 cm³/mol. The number of aromatic nitrogens is 4. The van der Waals surface area contributed by atoms with Crippen LogP contribution in [0.5, 0.6) is 0 Å². The molecule has 0 bridgehead atoms. The predicted octanol–water partition coefficient (Wildman–Crippen LogP) is 4.77. The number of benzene rings is 1. The smallest absolute Gasteiger partial charge is 0.195 e. The minimum absolute atomic E-state index is 0.220. The molecule has 0 saturated carbocycles. The molecule has 6 nitrogen and oxygen atoms in total. The van der Waals surface area contributed by atoms with Crippen molar-refractivity contribution >= 4 is 11.0 Å². The summed E-state index contributed by atoms with van der Waals surface area (Å²) in [5, 5.41) is 0. The van der Waals surface area contributed by atoms with Crippen LogP contribution in [0.4, 0.5) is 0 Å². The minimum Gasteiger partial charge on any atom is -0.449 e. The maximum Gasteiger partial charge on any atom is 0.195 e. The number of fused-ring (bicyclic) bond motifs is 1. The Kier molecular flexibility index (Phi) is 4.86. The van der Waals surface area contributed by atoms with E-state index in [1.165, 1.54) is 11.3 Å². The highest BCUT2D eigenvalue weighted by Crippen LogP contribution is 2.41. The number of pyridine rings is 1. The molecule has 0 amide bonds. The van der Waals surface area contributed by atoms with Crippen molar-refractivity contribution in [1.29, 1.82) is 0 Å². The number of H-pyrrole nitrogens is 1. The van der Waals surface area contributed by atoms with Gasteiger partial charge in [-0.05, 0) is 49.9 Å². The Hall–Kier alpha value is -2.99. The molecule has 148 valence electrons. The lowest BCUT2D eigenvalue weighted by Gasteiger charge is -2.41. The van der Waals surface area contributed by atoms with Crippen LogP contribution in [0.25, 0.3) is 11.0 Å². The van der Waals surface area contributed by atoms with E-state index in [9.17, 15) is 0 Å². The van der Waals surface area contributed by atoms with E-state index in [1.54, 1.807) is 12.5 Å². The molecule has 1 aromatic carbocycles. The highest BCUT2D eigenvalue weighted by Gasteiger charge is 2.35. The lowest BCUT2D eigenvalue weighted by Crippen LogP contribution is -2.39. The Balaban J connectivity index is 1.51. The Morgan fingerprint density at radius 1 is 1.07 bits per heavy atom. The van der Waals surface area contributed by atoms with E-state index in [0.717, 1.165) is 55.0 Å². The molecule has 1 fully saturated rings. The zero-order valence-corrected chi connectivity index (χ0v) is 16.6. The number of aromatic amines is 1. The third kappa shape index (κ3) is 3.56. The number of imidazole rings is 1. The summed E-state index contributed by atoms with van der Waals surface area (Å²) < 4.78 is 5.50. The molecule has 5 rings (SSSR count). The van der Waals surface area contributed by atoms with Crippen LogP contribution in [0.1, 0.15) is 54.3 Å². The number of aryl methyl sites for hydroxylation is 1. The van der Waals surface area contributed by atoms with Gasteiger partial charge in [-0.1, -0.05) is 18.2 Å². The van der Waals surface area contributed by atoms with Crippen molar-refractivity contribution in [1.82, 2.24) is 24.8 Å². The molecule has 1 saturated heterocycles. The number of nitrogens with zero attached hydrogens (tertiary/aromatic N) is 4. The van der Waals surface area contributed by atoms with E-state index in [1.807, 2.05) is 24.4 Å². The number of para-hydroxylation sites is 2. The average Bonchev–Trinajstić information content (AvgIpc) is 3.42. The summed E-state index contributed by atoms with van der Waals surface area (Å²) in [6.45, 7) is 3.00. The van der Waals surface area contributed by atoms with Gasteiger partial charge >= 0.3 is 0 Å². The summed E-state index contributed by atoms with van der Waals surface area (Å²) >= 11 is 0. The summed E-state index contributed by atoms with van der Waals surface area (Å²) in [5.74, 6) is 1.81. The van der Waals surface area contributed by atoms with Crippen molar-refractivity contribution < 1.29 is 4.42 Å². The molecule has 0 radical (unpaired) electrons. The van der Waals surface area contributed by atoms with Gasteiger partial charge in [0, 0.05) is 19.2 Å². The Morgan fingerprint density at radius 2 is 1.97 bits per heavy atom. The Bertz CT molecular complexity index is 1050. The number of hydrogen-bond acceptors (Lipinski definition) is 5. The largest absolute Gasteiger partial charge is 0.449 e. The second-order valence-electron chi connectivity index (χ2n) is 7.72. The van der Waals surface area contributed by atoms with Crippen molar-refractivity contribution in [3.8, 4) is 0 Å². The molecule has 6 heteroatoms. The van der Waals surface area contributed by atoms with Gasteiger partial charge in [0.25, 0.3) is 0 Å². The highest BCUT2D eigenvalue weighted by atomic mass is 16.3. The normalized spacial score (nSPS) is 20.3. The molecule has 3 aromatic heterocycles.